The van der Waals surface area contributed by atoms with E-state index in [9.17, 15) is 4.79 Å². The number of carbonyl (C=O) groups excluding carboxylic acids is 1. The number of thioether (sulfide) groups is 2. The third-order valence-electron chi connectivity index (χ3n) is 3.54. The lowest BCUT2D eigenvalue weighted by Crippen LogP contribution is -2.49. The molecule has 1 amide bonds. The van der Waals surface area contributed by atoms with Gasteiger partial charge in [0, 0.05) is 38.8 Å². The number of ether oxygens (including phenoxy) is 2. The van der Waals surface area contributed by atoms with Gasteiger partial charge in [0.25, 0.3) is 5.91 Å². The van der Waals surface area contributed by atoms with Crippen LogP contribution in [0, 0.1) is 0 Å². The molecule has 0 radical (unpaired) electrons. The molecule has 0 unspecified atom stereocenters. The first-order valence-corrected chi connectivity index (χ1v) is 10.9. The predicted molar refractivity (Wildman–Crippen MR) is 113 cm³/mol. The fourth-order valence-corrected chi connectivity index (χ4v) is 5.23. The van der Waals surface area contributed by atoms with E-state index >= 15 is 0 Å². The summed E-state index contributed by atoms with van der Waals surface area (Å²) >= 11 is 9.13. The van der Waals surface area contributed by atoms with Crippen LogP contribution in [-0.2, 0) is 9.53 Å². The largest absolute Gasteiger partial charge is 0.484 e. The molecule has 1 aliphatic heterocycles. The summed E-state index contributed by atoms with van der Waals surface area (Å²) in [6, 6.07) is 7.95. The number of nitrogens with zero attached hydrogens (tertiary/aromatic N) is 1. The second-order valence-corrected chi connectivity index (χ2v) is 8.71. The van der Waals surface area contributed by atoms with Crippen LogP contribution >= 0.6 is 35.7 Å². The van der Waals surface area contributed by atoms with Crippen molar-refractivity contribution in [2.45, 2.75) is 11.0 Å². The van der Waals surface area contributed by atoms with Crippen molar-refractivity contribution in [1.82, 2.24) is 15.8 Å². The van der Waals surface area contributed by atoms with Gasteiger partial charge in [0.05, 0.1) is 4.58 Å². The summed E-state index contributed by atoms with van der Waals surface area (Å²) in [6.45, 7) is 1.28. The normalized spacial score (nSPS) is 14.1. The van der Waals surface area contributed by atoms with Crippen molar-refractivity contribution >= 4 is 46.8 Å². The lowest BCUT2D eigenvalue weighted by Gasteiger charge is -2.21. The highest BCUT2D eigenvalue weighted by Crippen LogP contribution is 2.45. The zero-order valence-corrected chi connectivity index (χ0v) is 17.5. The molecule has 0 atom stereocenters. The van der Waals surface area contributed by atoms with E-state index in [0.717, 1.165) is 6.42 Å². The number of thiocarbonyl (C=S) groups is 1. The zero-order chi connectivity index (χ0) is 18.8. The van der Waals surface area contributed by atoms with Crippen LogP contribution in [0.15, 0.2) is 24.3 Å². The number of carbonyl (C=O) groups is 1. The van der Waals surface area contributed by atoms with E-state index in [-0.39, 0.29) is 12.5 Å². The number of rotatable bonds is 8. The van der Waals surface area contributed by atoms with Crippen molar-refractivity contribution < 1.29 is 14.3 Å². The smallest absolute Gasteiger partial charge is 0.276 e. The van der Waals surface area contributed by atoms with Gasteiger partial charge >= 0.3 is 0 Å². The van der Waals surface area contributed by atoms with Crippen molar-refractivity contribution in [2.24, 2.45) is 0 Å². The summed E-state index contributed by atoms with van der Waals surface area (Å²) in [5.41, 5.74) is 3.97. The Balaban J connectivity index is 1.68. The van der Waals surface area contributed by atoms with Gasteiger partial charge in [0.1, 0.15) is 5.75 Å². The van der Waals surface area contributed by atoms with Crippen molar-refractivity contribution in [3.63, 3.8) is 0 Å². The Hall–Kier alpha value is -1.16. The molecule has 144 valence electrons. The van der Waals surface area contributed by atoms with E-state index in [2.05, 4.69) is 22.9 Å². The van der Waals surface area contributed by atoms with Gasteiger partial charge < -0.3 is 14.8 Å². The molecule has 0 aliphatic carbocycles. The average molecular weight is 416 g/mol. The van der Waals surface area contributed by atoms with Gasteiger partial charge in [-0.05, 0) is 36.3 Å². The lowest BCUT2D eigenvalue weighted by atomic mass is 10.2. The van der Waals surface area contributed by atoms with Gasteiger partial charge in [-0.15, -0.1) is 23.5 Å². The Kier molecular flexibility index (Phi) is 9.38. The Morgan fingerprint density at radius 2 is 2.00 bits per heavy atom. The topological polar surface area (TPSA) is 62.8 Å². The highest BCUT2D eigenvalue weighted by Gasteiger charge is 2.18. The van der Waals surface area contributed by atoms with Crippen LogP contribution in [-0.4, -0.2) is 61.5 Å². The molecule has 1 fully saturated rings. The molecule has 0 aromatic heterocycles. The van der Waals surface area contributed by atoms with E-state index in [0.29, 0.717) is 28.6 Å². The SMILES string of the molecule is COCCCNC(=S)N(C)NC(=O)COc1ccc(C2SCCS2)cc1. The maximum Gasteiger partial charge on any atom is 0.276 e. The second-order valence-electron chi connectivity index (χ2n) is 5.60. The van der Waals surface area contributed by atoms with Crippen LogP contribution < -0.4 is 15.5 Å². The molecule has 2 rings (SSSR count). The molecular weight excluding hydrogens is 390 g/mol. The number of hydrogen-bond acceptors (Lipinski definition) is 6. The van der Waals surface area contributed by atoms with E-state index in [1.165, 1.54) is 22.1 Å². The molecule has 1 aliphatic rings. The van der Waals surface area contributed by atoms with Crippen molar-refractivity contribution in [2.75, 3.05) is 45.4 Å². The number of nitrogens with one attached hydrogen (secondary N) is 2. The van der Waals surface area contributed by atoms with Gasteiger partial charge in [0.2, 0.25) is 0 Å². The molecule has 1 aromatic rings. The Labute approximate surface area is 168 Å². The summed E-state index contributed by atoms with van der Waals surface area (Å²) in [4.78, 5) is 12.0. The van der Waals surface area contributed by atoms with Gasteiger partial charge in [-0.2, -0.15) is 0 Å². The first-order chi connectivity index (χ1) is 12.6. The number of hydrogen-bond donors (Lipinski definition) is 2. The van der Waals surface area contributed by atoms with E-state index in [4.69, 9.17) is 21.7 Å². The molecule has 1 aromatic carbocycles. The first kappa shape index (κ1) is 21.1. The number of hydrazine groups is 1. The van der Waals surface area contributed by atoms with Crippen molar-refractivity contribution in [1.29, 1.82) is 0 Å². The molecule has 0 bridgehead atoms. The number of benzene rings is 1. The summed E-state index contributed by atoms with van der Waals surface area (Å²) in [7, 11) is 3.35. The third kappa shape index (κ3) is 7.22. The molecule has 0 saturated carbocycles. The monoisotopic (exact) mass is 415 g/mol. The Bertz CT molecular complexity index is 580. The molecule has 6 nitrogen and oxygen atoms in total. The molecule has 9 heteroatoms. The van der Waals surface area contributed by atoms with Crippen molar-refractivity contribution in [3.8, 4) is 5.75 Å². The molecule has 0 spiro atoms. The standard InChI is InChI=1S/C17H25N3O3S3/c1-20(17(24)18-8-3-9-22-2)19-15(21)12-23-14-6-4-13(5-7-14)16-25-10-11-26-16/h4-7,16H,3,8-12H2,1-2H3,(H,18,24)(H,19,21). The molecule has 1 heterocycles. The third-order valence-corrected chi connectivity index (χ3v) is 7.07. The van der Waals surface area contributed by atoms with Crippen LogP contribution in [0.4, 0.5) is 0 Å². The fraction of sp³-hybridized carbons (Fsp3) is 0.529. The van der Waals surface area contributed by atoms with Crippen LogP contribution in [0.3, 0.4) is 0 Å². The van der Waals surface area contributed by atoms with Gasteiger partial charge in [-0.3, -0.25) is 15.2 Å². The minimum absolute atomic E-state index is 0.0666. The minimum Gasteiger partial charge on any atom is -0.484 e. The quantitative estimate of drug-likeness (QED) is 0.381. The Morgan fingerprint density at radius 3 is 2.65 bits per heavy atom. The van der Waals surface area contributed by atoms with E-state index in [1.807, 2.05) is 35.7 Å². The lowest BCUT2D eigenvalue weighted by molar-refractivity contribution is -0.126. The zero-order valence-electron chi connectivity index (χ0n) is 15.0. The van der Waals surface area contributed by atoms with Gasteiger partial charge in [-0.25, -0.2) is 0 Å². The first-order valence-electron chi connectivity index (χ1n) is 8.36. The molecule has 1 saturated heterocycles. The minimum atomic E-state index is -0.264. The molecule has 2 N–H and O–H groups in total. The number of methoxy groups -OCH3 is 1. The van der Waals surface area contributed by atoms with E-state index in [1.54, 1.807) is 14.2 Å². The maximum atomic E-state index is 12.0. The maximum absolute atomic E-state index is 12.0. The second kappa shape index (κ2) is 11.5. The summed E-state index contributed by atoms with van der Waals surface area (Å²) in [6.07, 6.45) is 0.843. The van der Waals surface area contributed by atoms with Crippen molar-refractivity contribution in [3.05, 3.63) is 29.8 Å². The predicted octanol–water partition coefficient (Wildman–Crippen LogP) is 2.42. The summed E-state index contributed by atoms with van der Waals surface area (Å²) in [5.74, 6) is 2.81. The van der Waals surface area contributed by atoms with Crippen LogP contribution in [0.25, 0.3) is 0 Å². The van der Waals surface area contributed by atoms with E-state index < -0.39 is 0 Å². The molecular formula is C17H25N3O3S3. The van der Waals surface area contributed by atoms with Gasteiger partial charge in [0.15, 0.2) is 11.7 Å². The highest BCUT2D eigenvalue weighted by atomic mass is 32.2. The average Bonchev–Trinajstić information content (AvgIpc) is 3.18. The van der Waals surface area contributed by atoms with Crippen LogP contribution in [0.1, 0.15) is 16.6 Å². The van der Waals surface area contributed by atoms with Gasteiger partial charge in [-0.1, -0.05) is 12.1 Å². The van der Waals surface area contributed by atoms with Crippen LogP contribution in [0.2, 0.25) is 0 Å². The summed E-state index contributed by atoms with van der Waals surface area (Å²) in [5, 5.41) is 4.97. The number of amides is 1. The highest BCUT2D eigenvalue weighted by molar-refractivity contribution is 8.19. The fourth-order valence-electron chi connectivity index (χ4n) is 2.22. The van der Waals surface area contributed by atoms with Crippen LogP contribution in [0.5, 0.6) is 5.75 Å². The Morgan fingerprint density at radius 1 is 1.31 bits per heavy atom. The molecule has 26 heavy (non-hydrogen) atoms. The summed E-state index contributed by atoms with van der Waals surface area (Å²) < 4.78 is 11.0.